The van der Waals surface area contributed by atoms with Crippen LogP contribution in [-0.4, -0.2) is 17.1 Å². The Morgan fingerprint density at radius 1 is 1.11 bits per heavy atom. The highest BCUT2D eigenvalue weighted by atomic mass is 35.5. The van der Waals surface area contributed by atoms with Crippen LogP contribution in [0.1, 0.15) is 41.0 Å². The summed E-state index contributed by atoms with van der Waals surface area (Å²) >= 11 is 10.8. The van der Waals surface area contributed by atoms with E-state index in [9.17, 15) is 9.59 Å². The Morgan fingerprint density at radius 3 is 2.00 bits per heavy atom. The van der Waals surface area contributed by atoms with Crippen LogP contribution in [-0.2, 0) is 0 Å². The van der Waals surface area contributed by atoms with Gasteiger partial charge in [-0.25, -0.2) is 0 Å². The molecule has 0 aliphatic heterocycles. The zero-order valence-electron chi connectivity index (χ0n) is 10.2. The summed E-state index contributed by atoms with van der Waals surface area (Å²) < 4.78 is 5.48. The molecular weight excluding hydrogens is 275 g/mol. The SMILES string of the molecule is CC(C)CCOc1cc(C(=O)Cl)cc(C(=O)Cl)c1. The molecule has 0 N–H and O–H groups in total. The van der Waals surface area contributed by atoms with Crippen LogP contribution in [0.5, 0.6) is 5.75 Å². The molecule has 0 spiro atoms. The fraction of sp³-hybridized carbons (Fsp3) is 0.385. The van der Waals surface area contributed by atoms with Gasteiger partial charge in [-0.1, -0.05) is 13.8 Å². The zero-order chi connectivity index (χ0) is 13.7. The molecule has 18 heavy (non-hydrogen) atoms. The average molecular weight is 289 g/mol. The smallest absolute Gasteiger partial charge is 0.252 e. The van der Waals surface area contributed by atoms with Crippen molar-refractivity contribution in [2.24, 2.45) is 5.92 Å². The van der Waals surface area contributed by atoms with Gasteiger partial charge in [0.05, 0.1) is 6.61 Å². The third-order valence-electron chi connectivity index (χ3n) is 2.32. The lowest BCUT2D eigenvalue weighted by Crippen LogP contribution is -2.03. The van der Waals surface area contributed by atoms with Gasteiger partial charge in [0.2, 0.25) is 0 Å². The van der Waals surface area contributed by atoms with Crippen molar-refractivity contribution in [1.29, 1.82) is 0 Å². The molecule has 0 aliphatic rings. The summed E-state index contributed by atoms with van der Waals surface area (Å²) in [6.07, 6.45) is 0.878. The summed E-state index contributed by atoms with van der Waals surface area (Å²) in [5, 5.41) is -1.30. The van der Waals surface area contributed by atoms with Crippen LogP contribution in [0.4, 0.5) is 0 Å². The molecule has 0 heterocycles. The van der Waals surface area contributed by atoms with Crippen molar-refractivity contribution >= 4 is 33.7 Å². The molecule has 5 heteroatoms. The van der Waals surface area contributed by atoms with Crippen LogP contribution < -0.4 is 4.74 Å². The average Bonchev–Trinajstić information content (AvgIpc) is 2.28. The third kappa shape index (κ3) is 4.67. The highest BCUT2D eigenvalue weighted by Gasteiger charge is 2.11. The summed E-state index contributed by atoms with van der Waals surface area (Å²) in [7, 11) is 0. The molecule has 0 aromatic heterocycles. The number of carbonyl (C=O) groups excluding carboxylic acids is 2. The molecule has 1 aromatic carbocycles. The maximum absolute atomic E-state index is 11.1. The predicted molar refractivity (Wildman–Crippen MR) is 71.8 cm³/mol. The number of carbonyl (C=O) groups is 2. The molecule has 0 aliphatic carbocycles. The van der Waals surface area contributed by atoms with E-state index in [-0.39, 0.29) is 11.1 Å². The molecule has 0 unspecified atom stereocenters. The minimum Gasteiger partial charge on any atom is -0.494 e. The normalized spacial score (nSPS) is 10.5. The first-order chi connectivity index (χ1) is 8.40. The number of rotatable bonds is 6. The molecular formula is C13H14Cl2O3. The summed E-state index contributed by atoms with van der Waals surface area (Å²) in [6.45, 7) is 4.67. The predicted octanol–water partition coefficient (Wildman–Crippen LogP) is 3.87. The summed E-state index contributed by atoms with van der Waals surface area (Å²) in [4.78, 5) is 22.2. The molecule has 0 amide bonds. The molecule has 0 fully saturated rings. The van der Waals surface area contributed by atoms with Crippen molar-refractivity contribution in [3.8, 4) is 5.75 Å². The maximum atomic E-state index is 11.1. The molecule has 0 saturated heterocycles. The first kappa shape index (κ1) is 15.0. The van der Waals surface area contributed by atoms with E-state index in [1.54, 1.807) is 0 Å². The van der Waals surface area contributed by atoms with E-state index in [1.165, 1.54) is 18.2 Å². The van der Waals surface area contributed by atoms with Crippen LogP contribution in [0.3, 0.4) is 0 Å². The van der Waals surface area contributed by atoms with Crippen molar-refractivity contribution in [3.63, 3.8) is 0 Å². The Kier molecular flexibility index (Phi) is 5.63. The monoisotopic (exact) mass is 288 g/mol. The molecule has 1 rings (SSSR count). The Bertz CT molecular complexity index is 423. The Labute approximate surface area is 116 Å². The van der Waals surface area contributed by atoms with Gasteiger partial charge in [-0.15, -0.1) is 0 Å². The first-order valence-electron chi connectivity index (χ1n) is 5.57. The number of hydrogen-bond acceptors (Lipinski definition) is 3. The van der Waals surface area contributed by atoms with Gasteiger partial charge in [-0.2, -0.15) is 0 Å². The Morgan fingerprint density at radius 2 is 1.61 bits per heavy atom. The van der Waals surface area contributed by atoms with Crippen molar-refractivity contribution in [1.82, 2.24) is 0 Å². The summed E-state index contributed by atoms with van der Waals surface area (Å²) in [5.41, 5.74) is 0.394. The van der Waals surface area contributed by atoms with Crippen LogP contribution >= 0.6 is 23.2 Å². The largest absolute Gasteiger partial charge is 0.494 e. The van der Waals surface area contributed by atoms with Gasteiger partial charge in [-0.05, 0) is 53.7 Å². The maximum Gasteiger partial charge on any atom is 0.252 e. The molecule has 3 nitrogen and oxygen atoms in total. The van der Waals surface area contributed by atoms with Crippen LogP contribution in [0, 0.1) is 5.92 Å². The van der Waals surface area contributed by atoms with Crippen LogP contribution in [0.2, 0.25) is 0 Å². The van der Waals surface area contributed by atoms with E-state index in [0.29, 0.717) is 18.3 Å². The third-order valence-corrected chi connectivity index (χ3v) is 2.76. The summed E-state index contributed by atoms with van der Waals surface area (Å²) in [5.74, 6) is 0.933. The van der Waals surface area contributed by atoms with Gasteiger partial charge in [0.1, 0.15) is 5.75 Å². The van der Waals surface area contributed by atoms with E-state index < -0.39 is 10.5 Å². The minimum absolute atomic E-state index is 0.197. The number of ether oxygens (including phenoxy) is 1. The second-order valence-corrected chi connectivity index (χ2v) is 5.01. The lowest BCUT2D eigenvalue weighted by molar-refractivity contribution is 0.108. The van der Waals surface area contributed by atoms with Crippen LogP contribution in [0.25, 0.3) is 0 Å². The van der Waals surface area contributed by atoms with Gasteiger partial charge in [-0.3, -0.25) is 9.59 Å². The lowest BCUT2D eigenvalue weighted by atomic mass is 10.1. The zero-order valence-corrected chi connectivity index (χ0v) is 11.7. The van der Waals surface area contributed by atoms with Crippen molar-refractivity contribution in [3.05, 3.63) is 29.3 Å². The van der Waals surface area contributed by atoms with Crippen molar-refractivity contribution in [2.45, 2.75) is 20.3 Å². The Balaban J connectivity index is 2.89. The van der Waals surface area contributed by atoms with E-state index in [1.807, 2.05) is 0 Å². The highest BCUT2D eigenvalue weighted by molar-refractivity contribution is 6.69. The highest BCUT2D eigenvalue weighted by Crippen LogP contribution is 2.20. The van der Waals surface area contributed by atoms with Crippen LogP contribution in [0.15, 0.2) is 18.2 Å². The second kappa shape index (κ2) is 6.76. The van der Waals surface area contributed by atoms with E-state index in [4.69, 9.17) is 27.9 Å². The molecule has 0 bridgehead atoms. The molecule has 1 aromatic rings. The van der Waals surface area contributed by atoms with Gasteiger partial charge in [0.25, 0.3) is 10.5 Å². The van der Waals surface area contributed by atoms with Gasteiger partial charge < -0.3 is 4.74 Å². The standard InChI is InChI=1S/C13H14Cl2O3/c1-8(2)3-4-18-11-6-9(12(14)16)5-10(7-11)13(15)17/h5-8H,3-4H2,1-2H3. The number of benzene rings is 1. The molecule has 0 radical (unpaired) electrons. The van der Waals surface area contributed by atoms with E-state index in [0.717, 1.165) is 6.42 Å². The molecule has 0 saturated carbocycles. The van der Waals surface area contributed by atoms with Crippen molar-refractivity contribution in [2.75, 3.05) is 6.61 Å². The van der Waals surface area contributed by atoms with E-state index in [2.05, 4.69) is 13.8 Å². The fourth-order valence-corrected chi connectivity index (χ4v) is 1.54. The minimum atomic E-state index is -0.650. The molecule has 0 atom stereocenters. The van der Waals surface area contributed by atoms with Crippen molar-refractivity contribution < 1.29 is 14.3 Å². The lowest BCUT2D eigenvalue weighted by Gasteiger charge is -2.09. The van der Waals surface area contributed by atoms with Gasteiger partial charge >= 0.3 is 0 Å². The second-order valence-electron chi connectivity index (χ2n) is 4.32. The van der Waals surface area contributed by atoms with Gasteiger partial charge in [0.15, 0.2) is 0 Å². The number of halogens is 2. The fourth-order valence-electron chi connectivity index (χ4n) is 1.32. The Hall–Kier alpha value is -1.06. The first-order valence-corrected chi connectivity index (χ1v) is 6.33. The number of hydrogen-bond donors (Lipinski definition) is 0. The molecule has 98 valence electrons. The summed E-state index contributed by atoms with van der Waals surface area (Å²) in [6, 6.07) is 4.35. The quantitative estimate of drug-likeness (QED) is 0.747. The van der Waals surface area contributed by atoms with E-state index >= 15 is 0 Å². The van der Waals surface area contributed by atoms with Gasteiger partial charge in [0, 0.05) is 11.1 Å². The topological polar surface area (TPSA) is 43.4 Å².